The van der Waals surface area contributed by atoms with Gasteiger partial charge in [0.2, 0.25) is 0 Å². The molecule has 0 amide bonds. The smallest absolute Gasteiger partial charge is 0.000655 e. The summed E-state index contributed by atoms with van der Waals surface area (Å²) in [5.41, 5.74) is 0. The molecule has 0 saturated carbocycles. The van der Waals surface area contributed by atoms with Crippen molar-refractivity contribution in [3.05, 3.63) is 0 Å². The van der Waals surface area contributed by atoms with Crippen molar-refractivity contribution in [3.8, 4) is 0 Å². The van der Waals surface area contributed by atoms with Crippen LogP contribution in [0.2, 0.25) is 0 Å². The lowest BCUT2D eigenvalue weighted by molar-refractivity contribution is 0.244. The molecule has 0 atom stereocenters. The lowest BCUT2D eigenvalue weighted by Crippen LogP contribution is -2.29. The van der Waals surface area contributed by atoms with Gasteiger partial charge in [0.05, 0.1) is 0 Å². The topological polar surface area (TPSA) is 6.48 Å². The van der Waals surface area contributed by atoms with E-state index in [0.717, 1.165) is 0 Å². The van der Waals surface area contributed by atoms with Crippen molar-refractivity contribution in [2.75, 3.05) is 40.3 Å². The second-order valence-electron chi connectivity index (χ2n) is 7.53. The summed E-state index contributed by atoms with van der Waals surface area (Å²) in [6.45, 7) is 9.77. The van der Waals surface area contributed by atoms with Gasteiger partial charge in [0.15, 0.2) is 0 Å². The Morgan fingerprint density at radius 1 is 0.435 bits per heavy atom. The molecule has 0 aromatic heterocycles. The molecule has 0 heterocycles. The first-order valence-electron chi connectivity index (χ1n) is 10.6. The number of unbranched alkanes of at least 4 members (excludes halogenated alkanes) is 10. The van der Waals surface area contributed by atoms with Crippen molar-refractivity contribution in [1.29, 1.82) is 0 Å². The summed E-state index contributed by atoms with van der Waals surface area (Å²) in [5, 5.41) is 0. The van der Waals surface area contributed by atoms with Gasteiger partial charge < -0.3 is 9.80 Å². The summed E-state index contributed by atoms with van der Waals surface area (Å²) in [6, 6.07) is 0. The highest BCUT2D eigenvalue weighted by atomic mass is 15.1. The van der Waals surface area contributed by atoms with Crippen LogP contribution in [0.4, 0.5) is 0 Å². The molecule has 0 radical (unpaired) electrons. The van der Waals surface area contributed by atoms with E-state index in [1.165, 1.54) is 110 Å². The van der Waals surface area contributed by atoms with Crippen molar-refractivity contribution in [3.63, 3.8) is 0 Å². The molecular formula is C21H46N2. The van der Waals surface area contributed by atoms with E-state index in [-0.39, 0.29) is 0 Å². The van der Waals surface area contributed by atoms with Gasteiger partial charge in [0.1, 0.15) is 0 Å². The fourth-order valence-electron chi connectivity index (χ4n) is 3.18. The van der Waals surface area contributed by atoms with Crippen LogP contribution in [0.15, 0.2) is 0 Å². The fourth-order valence-corrected chi connectivity index (χ4v) is 3.18. The Kier molecular flexibility index (Phi) is 18.2. The largest absolute Gasteiger partial charge is 0.309 e. The molecule has 0 aromatic rings. The monoisotopic (exact) mass is 326 g/mol. The van der Waals surface area contributed by atoms with Gasteiger partial charge >= 0.3 is 0 Å². The van der Waals surface area contributed by atoms with Gasteiger partial charge in [-0.25, -0.2) is 0 Å². The normalized spacial score (nSPS) is 11.7. The van der Waals surface area contributed by atoms with E-state index < -0.39 is 0 Å². The van der Waals surface area contributed by atoms with Crippen molar-refractivity contribution >= 4 is 0 Å². The van der Waals surface area contributed by atoms with E-state index in [0.29, 0.717) is 0 Å². The third-order valence-corrected chi connectivity index (χ3v) is 4.74. The highest BCUT2D eigenvalue weighted by Crippen LogP contribution is 2.09. The molecule has 0 unspecified atom stereocenters. The molecule has 0 spiro atoms. The minimum Gasteiger partial charge on any atom is -0.309 e. The van der Waals surface area contributed by atoms with Crippen LogP contribution >= 0.6 is 0 Å². The van der Waals surface area contributed by atoms with Crippen LogP contribution in [0, 0.1) is 0 Å². The molecule has 0 rings (SSSR count). The number of nitrogens with zero attached hydrogens (tertiary/aromatic N) is 2. The zero-order valence-corrected chi connectivity index (χ0v) is 16.9. The number of hydrogen-bond donors (Lipinski definition) is 0. The quantitative estimate of drug-likeness (QED) is 0.287. The summed E-state index contributed by atoms with van der Waals surface area (Å²) in [7, 11) is 4.37. The summed E-state index contributed by atoms with van der Waals surface area (Å²) in [6.07, 6.45) is 18.3. The maximum absolute atomic E-state index is 2.74. The third-order valence-electron chi connectivity index (χ3n) is 4.74. The van der Waals surface area contributed by atoms with Crippen LogP contribution in [-0.4, -0.2) is 50.1 Å². The summed E-state index contributed by atoms with van der Waals surface area (Å²) >= 11 is 0. The first-order chi connectivity index (χ1) is 11.2. The molecule has 0 aliphatic rings. The Hall–Kier alpha value is -0.0800. The molecule has 2 nitrogen and oxygen atoms in total. The van der Waals surface area contributed by atoms with E-state index in [4.69, 9.17) is 0 Å². The zero-order chi connectivity index (χ0) is 17.2. The van der Waals surface area contributed by atoms with Crippen molar-refractivity contribution < 1.29 is 0 Å². The predicted octanol–water partition coefficient (Wildman–Crippen LogP) is 5.96. The highest BCUT2D eigenvalue weighted by Gasteiger charge is 2.05. The van der Waals surface area contributed by atoms with E-state index in [2.05, 4.69) is 37.7 Å². The molecule has 0 N–H and O–H groups in total. The van der Waals surface area contributed by atoms with Gasteiger partial charge in [-0.15, -0.1) is 0 Å². The maximum atomic E-state index is 2.74. The first-order valence-corrected chi connectivity index (χ1v) is 10.6. The van der Waals surface area contributed by atoms with Gasteiger partial charge in [-0.3, -0.25) is 0 Å². The molecule has 0 aliphatic carbocycles. The molecule has 0 aliphatic heterocycles. The Morgan fingerprint density at radius 3 is 1.26 bits per heavy atom. The van der Waals surface area contributed by atoms with E-state index in [9.17, 15) is 0 Å². The van der Waals surface area contributed by atoms with Crippen molar-refractivity contribution in [2.45, 2.75) is 97.3 Å². The van der Waals surface area contributed by atoms with Crippen LogP contribution in [0.5, 0.6) is 0 Å². The minimum absolute atomic E-state index is 1.23. The predicted molar refractivity (Wildman–Crippen MR) is 106 cm³/mol. The standard InChI is InChI=1S/C21H46N2/c1-5-7-9-11-13-15-19-23(21-17-18-22(3)4)20-16-14-12-10-8-6-2/h5-21H2,1-4H3. The van der Waals surface area contributed by atoms with Crippen LogP contribution < -0.4 is 0 Å². The van der Waals surface area contributed by atoms with Crippen LogP contribution in [-0.2, 0) is 0 Å². The van der Waals surface area contributed by atoms with Gasteiger partial charge in [-0.2, -0.15) is 0 Å². The molecule has 23 heavy (non-hydrogen) atoms. The second kappa shape index (κ2) is 18.3. The molecule has 2 heteroatoms. The molecule has 0 fully saturated rings. The summed E-state index contributed by atoms with van der Waals surface area (Å²) in [5.74, 6) is 0. The number of rotatable bonds is 18. The van der Waals surface area contributed by atoms with Gasteiger partial charge in [-0.05, 0) is 59.5 Å². The summed E-state index contributed by atoms with van der Waals surface area (Å²) < 4.78 is 0. The van der Waals surface area contributed by atoms with E-state index in [1.54, 1.807) is 0 Å². The van der Waals surface area contributed by atoms with Crippen molar-refractivity contribution in [1.82, 2.24) is 9.80 Å². The Labute approximate surface area is 148 Å². The Bertz CT molecular complexity index is 200. The van der Waals surface area contributed by atoms with Crippen LogP contribution in [0.3, 0.4) is 0 Å². The van der Waals surface area contributed by atoms with Gasteiger partial charge in [0.25, 0.3) is 0 Å². The van der Waals surface area contributed by atoms with Crippen LogP contribution in [0.25, 0.3) is 0 Å². The minimum atomic E-state index is 1.23. The molecular weight excluding hydrogens is 280 g/mol. The molecule has 140 valence electrons. The summed E-state index contributed by atoms with van der Waals surface area (Å²) in [4.78, 5) is 5.05. The molecule has 0 bridgehead atoms. The van der Waals surface area contributed by atoms with Crippen molar-refractivity contribution in [2.24, 2.45) is 0 Å². The molecule has 0 saturated heterocycles. The average Bonchev–Trinajstić information content (AvgIpc) is 2.53. The van der Waals surface area contributed by atoms with Gasteiger partial charge in [-0.1, -0.05) is 78.1 Å². The van der Waals surface area contributed by atoms with E-state index >= 15 is 0 Å². The molecule has 0 aromatic carbocycles. The van der Waals surface area contributed by atoms with E-state index in [1.807, 2.05) is 0 Å². The third kappa shape index (κ3) is 18.1. The Balaban J connectivity index is 3.75. The Morgan fingerprint density at radius 2 is 0.826 bits per heavy atom. The lowest BCUT2D eigenvalue weighted by Gasteiger charge is -2.23. The highest BCUT2D eigenvalue weighted by molar-refractivity contribution is 4.61. The maximum Gasteiger partial charge on any atom is -0.000655 e. The fraction of sp³-hybridized carbons (Fsp3) is 1.00. The SMILES string of the molecule is CCCCCCCCN(CCCCCCCC)CCCN(C)C. The number of hydrogen-bond acceptors (Lipinski definition) is 2. The van der Waals surface area contributed by atoms with Gasteiger partial charge in [0, 0.05) is 0 Å². The average molecular weight is 327 g/mol. The zero-order valence-electron chi connectivity index (χ0n) is 16.9. The second-order valence-corrected chi connectivity index (χ2v) is 7.53. The first kappa shape index (κ1) is 22.9. The van der Waals surface area contributed by atoms with Crippen LogP contribution in [0.1, 0.15) is 97.3 Å². The lowest BCUT2D eigenvalue weighted by atomic mass is 10.1.